The molecular weight excluding hydrogens is 270 g/mol. The highest BCUT2D eigenvalue weighted by Crippen LogP contribution is 2.14. The first-order chi connectivity index (χ1) is 9.99. The maximum absolute atomic E-state index is 12.4. The van der Waals surface area contributed by atoms with E-state index in [2.05, 4.69) is 9.88 Å². The first-order valence-corrected chi connectivity index (χ1v) is 7.37. The Labute approximate surface area is 125 Å². The number of aromatic nitrogens is 1. The van der Waals surface area contributed by atoms with Gasteiger partial charge in [0, 0.05) is 45.1 Å². The predicted molar refractivity (Wildman–Crippen MR) is 80.5 cm³/mol. The Kier molecular flexibility index (Phi) is 5.39. The molecule has 1 saturated heterocycles. The fourth-order valence-corrected chi connectivity index (χ4v) is 2.72. The van der Waals surface area contributed by atoms with E-state index in [0.29, 0.717) is 31.9 Å². The number of hydrogen-bond donors (Lipinski definition) is 2. The van der Waals surface area contributed by atoms with Gasteiger partial charge in [-0.15, -0.1) is 0 Å². The standard InChI is InChI=1S/C15H25N3O3/c1-11-8-16-12(2)14(11)15(20)17(3)9-13(19)10-18-4-6-21-7-5-18/h8,13,16,19H,4-7,9-10H2,1-3H3. The number of carbonyl (C=O) groups excluding carboxylic acids is 1. The average Bonchev–Trinajstić information content (AvgIpc) is 2.78. The van der Waals surface area contributed by atoms with E-state index in [1.54, 1.807) is 11.9 Å². The molecule has 118 valence electrons. The van der Waals surface area contributed by atoms with Crippen LogP contribution >= 0.6 is 0 Å². The Morgan fingerprint density at radius 3 is 2.71 bits per heavy atom. The van der Waals surface area contributed by atoms with Crippen molar-refractivity contribution < 1.29 is 14.6 Å². The van der Waals surface area contributed by atoms with Crippen LogP contribution in [0.15, 0.2) is 6.20 Å². The van der Waals surface area contributed by atoms with Gasteiger partial charge in [0.25, 0.3) is 5.91 Å². The number of β-amino-alcohol motifs (C(OH)–C–C–N with tert-alkyl or cyclic N) is 1. The lowest BCUT2D eigenvalue weighted by molar-refractivity contribution is 0.00877. The second-order valence-electron chi connectivity index (χ2n) is 5.72. The van der Waals surface area contributed by atoms with Gasteiger partial charge in [0.1, 0.15) is 0 Å². The Morgan fingerprint density at radius 2 is 2.14 bits per heavy atom. The minimum Gasteiger partial charge on any atom is -0.390 e. The van der Waals surface area contributed by atoms with Crippen LogP contribution in [0.3, 0.4) is 0 Å². The number of aliphatic hydroxyl groups is 1. The van der Waals surface area contributed by atoms with Crippen molar-refractivity contribution in [1.82, 2.24) is 14.8 Å². The van der Waals surface area contributed by atoms with Crippen LogP contribution in [0.25, 0.3) is 0 Å². The third kappa shape index (κ3) is 4.06. The number of ether oxygens (including phenoxy) is 1. The summed E-state index contributed by atoms with van der Waals surface area (Å²) in [6, 6.07) is 0. The van der Waals surface area contributed by atoms with E-state index in [4.69, 9.17) is 4.74 Å². The molecule has 2 heterocycles. The number of nitrogens with zero attached hydrogens (tertiary/aromatic N) is 2. The molecule has 1 amide bonds. The van der Waals surface area contributed by atoms with Crippen LogP contribution in [-0.4, -0.2) is 78.3 Å². The first kappa shape index (κ1) is 16.0. The lowest BCUT2D eigenvalue weighted by Crippen LogP contribution is -2.45. The quantitative estimate of drug-likeness (QED) is 0.825. The lowest BCUT2D eigenvalue weighted by Gasteiger charge is -2.30. The van der Waals surface area contributed by atoms with Crippen LogP contribution in [0.2, 0.25) is 0 Å². The van der Waals surface area contributed by atoms with Crippen LogP contribution in [0, 0.1) is 13.8 Å². The third-order valence-corrected chi connectivity index (χ3v) is 3.89. The number of hydrogen-bond acceptors (Lipinski definition) is 4. The highest BCUT2D eigenvalue weighted by atomic mass is 16.5. The number of nitrogens with one attached hydrogen (secondary N) is 1. The molecule has 0 aromatic carbocycles. The monoisotopic (exact) mass is 295 g/mol. The topological polar surface area (TPSA) is 68.8 Å². The number of aromatic amines is 1. The highest BCUT2D eigenvalue weighted by molar-refractivity contribution is 5.96. The van der Waals surface area contributed by atoms with Gasteiger partial charge in [-0.05, 0) is 19.4 Å². The van der Waals surface area contributed by atoms with E-state index in [1.165, 1.54) is 0 Å². The van der Waals surface area contributed by atoms with Gasteiger partial charge in [-0.3, -0.25) is 9.69 Å². The highest BCUT2D eigenvalue weighted by Gasteiger charge is 2.21. The number of morpholine rings is 1. The third-order valence-electron chi connectivity index (χ3n) is 3.89. The van der Waals surface area contributed by atoms with Gasteiger partial charge in [-0.25, -0.2) is 0 Å². The summed E-state index contributed by atoms with van der Waals surface area (Å²) in [5.41, 5.74) is 2.51. The predicted octanol–water partition coefficient (Wildman–Crippen LogP) is 0.397. The molecule has 2 rings (SSSR count). The summed E-state index contributed by atoms with van der Waals surface area (Å²) in [6.07, 6.45) is 1.29. The summed E-state index contributed by atoms with van der Waals surface area (Å²) in [5.74, 6) is -0.0488. The minimum absolute atomic E-state index is 0.0488. The van der Waals surface area contributed by atoms with Crippen LogP contribution in [0.5, 0.6) is 0 Å². The van der Waals surface area contributed by atoms with Crippen molar-refractivity contribution >= 4 is 5.91 Å². The summed E-state index contributed by atoms with van der Waals surface area (Å²) >= 11 is 0. The van der Waals surface area contributed by atoms with Crippen molar-refractivity contribution in [3.05, 3.63) is 23.0 Å². The molecule has 1 aliphatic rings. The van der Waals surface area contributed by atoms with Gasteiger partial charge in [0.05, 0.1) is 24.9 Å². The molecule has 6 heteroatoms. The fraction of sp³-hybridized carbons (Fsp3) is 0.667. The largest absolute Gasteiger partial charge is 0.390 e. The zero-order valence-corrected chi connectivity index (χ0v) is 13.1. The molecule has 0 bridgehead atoms. The van der Waals surface area contributed by atoms with Crippen LogP contribution in [0.4, 0.5) is 0 Å². The number of rotatable bonds is 5. The number of aliphatic hydroxyl groups excluding tert-OH is 1. The van der Waals surface area contributed by atoms with E-state index < -0.39 is 6.10 Å². The maximum Gasteiger partial charge on any atom is 0.255 e. The Morgan fingerprint density at radius 1 is 1.48 bits per heavy atom. The van der Waals surface area contributed by atoms with Crippen LogP contribution in [-0.2, 0) is 4.74 Å². The fourth-order valence-electron chi connectivity index (χ4n) is 2.72. The molecule has 0 aliphatic carbocycles. The maximum atomic E-state index is 12.4. The van der Waals surface area contributed by atoms with Gasteiger partial charge in [-0.2, -0.15) is 0 Å². The van der Waals surface area contributed by atoms with Gasteiger partial charge in [-0.1, -0.05) is 0 Å². The van der Waals surface area contributed by atoms with Crippen molar-refractivity contribution in [1.29, 1.82) is 0 Å². The van der Waals surface area contributed by atoms with E-state index in [0.717, 1.165) is 24.3 Å². The van der Waals surface area contributed by atoms with Gasteiger partial charge in [0.2, 0.25) is 0 Å². The van der Waals surface area contributed by atoms with Crippen molar-refractivity contribution in [2.75, 3.05) is 46.4 Å². The molecule has 0 radical (unpaired) electrons. The minimum atomic E-state index is -0.545. The second-order valence-corrected chi connectivity index (χ2v) is 5.72. The molecule has 0 saturated carbocycles. The van der Waals surface area contributed by atoms with Crippen LogP contribution in [0.1, 0.15) is 21.6 Å². The van der Waals surface area contributed by atoms with E-state index in [1.807, 2.05) is 20.0 Å². The molecule has 1 fully saturated rings. The Bertz CT molecular complexity index is 461. The van der Waals surface area contributed by atoms with Crippen molar-refractivity contribution in [2.24, 2.45) is 0 Å². The first-order valence-electron chi connectivity index (χ1n) is 7.37. The molecule has 1 aromatic heterocycles. The lowest BCUT2D eigenvalue weighted by atomic mass is 10.1. The molecule has 1 aliphatic heterocycles. The molecule has 2 N–H and O–H groups in total. The number of aryl methyl sites for hydroxylation is 2. The number of carbonyl (C=O) groups is 1. The summed E-state index contributed by atoms with van der Waals surface area (Å²) in [4.78, 5) is 19.3. The van der Waals surface area contributed by atoms with Gasteiger partial charge in [0.15, 0.2) is 0 Å². The smallest absolute Gasteiger partial charge is 0.255 e. The zero-order valence-electron chi connectivity index (χ0n) is 13.1. The summed E-state index contributed by atoms with van der Waals surface area (Å²) in [7, 11) is 1.73. The van der Waals surface area contributed by atoms with Crippen LogP contribution < -0.4 is 0 Å². The van der Waals surface area contributed by atoms with Crippen molar-refractivity contribution in [2.45, 2.75) is 20.0 Å². The van der Waals surface area contributed by atoms with Gasteiger partial charge >= 0.3 is 0 Å². The SMILES string of the molecule is Cc1c[nH]c(C)c1C(=O)N(C)CC(O)CN1CCOCC1. The number of amides is 1. The number of likely N-dealkylation sites (N-methyl/N-ethyl adjacent to an activating group) is 1. The van der Waals surface area contributed by atoms with E-state index in [-0.39, 0.29) is 5.91 Å². The van der Waals surface area contributed by atoms with E-state index in [9.17, 15) is 9.90 Å². The van der Waals surface area contributed by atoms with Gasteiger partial charge < -0.3 is 19.7 Å². The molecule has 1 unspecified atom stereocenters. The zero-order chi connectivity index (χ0) is 15.4. The molecule has 0 spiro atoms. The average molecular weight is 295 g/mol. The molecular formula is C15H25N3O3. The summed E-state index contributed by atoms with van der Waals surface area (Å²) in [6.45, 7) is 7.81. The normalized spacial score (nSPS) is 17.7. The second kappa shape index (κ2) is 7.06. The summed E-state index contributed by atoms with van der Waals surface area (Å²) < 4.78 is 5.28. The van der Waals surface area contributed by atoms with E-state index >= 15 is 0 Å². The summed E-state index contributed by atoms with van der Waals surface area (Å²) in [5, 5.41) is 10.2. The Balaban J connectivity index is 1.88. The molecule has 21 heavy (non-hydrogen) atoms. The molecule has 1 aromatic rings. The Hall–Kier alpha value is -1.37. The molecule has 1 atom stereocenters. The van der Waals surface area contributed by atoms with Crippen molar-refractivity contribution in [3.63, 3.8) is 0 Å². The number of H-pyrrole nitrogens is 1. The van der Waals surface area contributed by atoms with Crippen molar-refractivity contribution in [3.8, 4) is 0 Å². The molecule has 6 nitrogen and oxygen atoms in total.